The highest BCUT2D eigenvalue weighted by Crippen LogP contribution is 2.29. The Hall–Kier alpha value is 0.120. The van der Waals surface area contributed by atoms with Crippen molar-refractivity contribution in [2.24, 2.45) is 0 Å². The lowest BCUT2D eigenvalue weighted by atomic mass is 10.3. The molecule has 0 aliphatic heterocycles. The van der Waals surface area contributed by atoms with E-state index in [1.807, 2.05) is 0 Å². The molecule has 94 valence electrons. The molecule has 0 atom stereocenters. The number of halogens is 4. The maximum absolute atomic E-state index is 11.5. The summed E-state index contributed by atoms with van der Waals surface area (Å²) in [5.74, 6) is -0.927. The molecule has 0 fully saturated rings. The molecule has 0 spiro atoms. The number of hydrogen-bond acceptors (Lipinski definition) is 4. The second-order valence-corrected chi connectivity index (χ2v) is 6.78. The van der Waals surface area contributed by atoms with Gasteiger partial charge in [-0.1, -0.05) is 62.1 Å². The van der Waals surface area contributed by atoms with Crippen LogP contribution in [0.25, 0.3) is 0 Å². The molecule has 0 aliphatic rings. The molecular weight excluding hydrogens is 374 g/mol. The maximum Gasteiger partial charge on any atom is 0.278 e. The number of hydrogen-bond donors (Lipinski definition) is 1. The lowest BCUT2D eigenvalue weighted by Gasteiger charge is -2.08. The Balaban J connectivity index is 2.88. The number of aryl methyl sites for hydroxylation is 1. The lowest BCUT2D eigenvalue weighted by molar-refractivity contribution is -0.115. The van der Waals surface area contributed by atoms with E-state index >= 15 is 0 Å². The fourth-order valence-corrected chi connectivity index (χ4v) is 2.44. The van der Waals surface area contributed by atoms with Gasteiger partial charge in [0, 0.05) is 0 Å². The Morgan fingerprint density at radius 2 is 2.06 bits per heavy atom. The zero-order valence-corrected chi connectivity index (χ0v) is 13.1. The Kier molecular flexibility index (Phi) is 5.21. The zero-order valence-electron chi connectivity index (χ0n) is 8.39. The van der Waals surface area contributed by atoms with Crippen LogP contribution in [-0.4, -0.2) is 25.8 Å². The Bertz CT molecular complexity index is 458. The molecule has 0 aromatic carbocycles. The van der Waals surface area contributed by atoms with Crippen molar-refractivity contribution < 1.29 is 9.59 Å². The average Bonchev–Trinajstić information content (AvgIpc) is 2.57. The third-order valence-corrected chi connectivity index (χ3v) is 3.79. The molecule has 1 aromatic rings. The van der Waals surface area contributed by atoms with Crippen LogP contribution in [0.5, 0.6) is 0 Å². The van der Waals surface area contributed by atoms with E-state index in [4.69, 9.17) is 34.8 Å². The molecule has 0 unspecified atom stereocenters. The van der Waals surface area contributed by atoms with Crippen LogP contribution in [0, 0.1) is 6.92 Å². The van der Waals surface area contributed by atoms with Gasteiger partial charge in [-0.25, -0.2) is 4.98 Å². The van der Waals surface area contributed by atoms with Crippen LogP contribution in [0.3, 0.4) is 0 Å². The first kappa shape index (κ1) is 15.2. The van der Waals surface area contributed by atoms with Crippen LogP contribution in [0.4, 0.5) is 5.13 Å². The standard InChI is InChI=1S/C8H6BrCl3N2O2S/c1-3-5(4(15)2-9)17-7(13-3)14-6(16)8(10,11)12/h2H2,1H3,(H,13,14,16). The first-order valence-electron chi connectivity index (χ1n) is 4.20. The van der Waals surface area contributed by atoms with E-state index in [2.05, 4.69) is 26.2 Å². The minimum atomic E-state index is -2.06. The van der Waals surface area contributed by atoms with Crippen molar-refractivity contribution in [3.63, 3.8) is 0 Å². The quantitative estimate of drug-likeness (QED) is 0.646. The van der Waals surface area contributed by atoms with Crippen LogP contribution in [0.1, 0.15) is 15.4 Å². The molecule has 0 saturated carbocycles. The predicted octanol–water partition coefficient (Wildman–Crippen LogP) is 3.34. The summed E-state index contributed by atoms with van der Waals surface area (Å²) in [6, 6.07) is 0. The van der Waals surface area contributed by atoms with E-state index in [-0.39, 0.29) is 16.2 Å². The van der Waals surface area contributed by atoms with Crippen molar-refractivity contribution >= 4 is 78.9 Å². The van der Waals surface area contributed by atoms with Crippen LogP contribution >= 0.6 is 62.1 Å². The van der Waals surface area contributed by atoms with E-state index in [1.165, 1.54) is 0 Å². The summed E-state index contributed by atoms with van der Waals surface area (Å²) in [6.07, 6.45) is 0. The van der Waals surface area contributed by atoms with E-state index in [0.29, 0.717) is 10.6 Å². The Labute approximate surface area is 125 Å². The summed E-state index contributed by atoms with van der Waals surface area (Å²) in [7, 11) is 0. The van der Waals surface area contributed by atoms with E-state index in [1.54, 1.807) is 6.92 Å². The number of nitrogens with zero attached hydrogens (tertiary/aromatic N) is 1. The molecule has 1 rings (SSSR count). The average molecular weight is 380 g/mol. The van der Waals surface area contributed by atoms with Crippen LogP contribution in [-0.2, 0) is 4.79 Å². The number of aromatic nitrogens is 1. The van der Waals surface area contributed by atoms with Crippen LogP contribution in [0.2, 0.25) is 0 Å². The fourth-order valence-electron chi connectivity index (χ4n) is 0.937. The maximum atomic E-state index is 11.5. The van der Waals surface area contributed by atoms with Gasteiger partial charge in [-0.15, -0.1) is 0 Å². The van der Waals surface area contributed by atoms with Gasteiger partial charge in [0.15, 0.2) is 10.9 Å². The third kappa shape index (κ3) is 4.06. The van der Waals surface area contributed by atoms with Gasteiger partial charge in [-0.3, -0.25) is 14.9 Å². The predicted molar refractivity (Wildman–Crippen MR) is 73.9 cm³/mol. The van der Waals surface area contributed by atoms with Crippen molar-refractivity contribution in [1.82, 2.24) is 4.98 Å². The minimum Gasteiger partial charge on any atom is -0.298 e. The summed E-state index contributed by atoms with van der Waals surface area (Å²) in [5.41, 5.74) is 0.527. The van der Waals surface area contributed by atoms with Gasteiger partial charge in [0.1, 0.15) is 0 Å². The monoisotopic (exact) mass is 378 g/mol. The van der Waals surface area contributed by atoms with Gasteiger partial charge in [0.05, 0.1) is 15.9 Å². The molecular formula is C8H6BrCl3N2O2S. The Morgan fingerprint density at radius 1 is 1.47 bits per heavy atom. The van der Waals surface area contributed by atoms with Gasteiger partial charge in [-0.2, -0.15) is 0 Å². The molecule has 9 heteroatoms. The smallest absolute Gasteiger partial charge is 0.278 e. The van der Waals surface area contributed by atoms with Crippen LogP contribution in [0.15, 0.2) is 0 Å². The number of ketones is 1. The first-order valence-corrected chi connectivity index (χ1v) is 7.27. The highest BCUT2D eigenvalue weighted by Gasteiger charge is 2.31. The van der Waals surface area contributed by atoms with E-state index in [9.17, 15) is 9.59 Å². The van der Waals surface area contributed by atoms with Crippen molar-refractivity contribution in [3.8, 4) is 0 Å². The third-order valence-electron chi connectivity index (χ3n) is 1.65. The largest absolute Gasteiger partial charge is 0.298 e. The summed E-state index contributed by atoms with van der Waals surface area (Å²) in [6.45, 7) is 1.66. The van der Waals surface area contributed by atoms with Crippen molar-refractivity contribution in [2.45, 2.75) is 10.7 Å². The van der Waals surface area contributed by atoms with Crippen molar-refractivity contribution in [3.05, 3.63) is 10.6 Å². The highest BCUT2D eigenvalue weighted by molar-refractivity contribution is 9.09. The van der Waals surface area contributed by atoms with E-state index in [0.717, 1.165) is 11.3 Å². The second-order valence-electron chi connectivity index (χ2n) is 2.94. The fraction of sp³-hybridized carbons (Fsp3) is 0.375. The molecule has 1 amide bonds. The number of Topliss-reactive ketones (excluding diaryl/α,β-unsaturated/α-hetero) is 1. The number of carbonyl (C=O) groups is 2. The summed E-state index contributed by atoms with van der Waals surface area (Å²) >= 11 is 20.3. The van der Waals surface area contributed by atoms with Gasteiger partial charge >= 0.3 is 0 Å². The van der Waals surface area contributed by atoms with Crippen LogP contribution < -0.4 is 5.32 Å². The molecule has 0 aliphatic carbocycles. The van der Waals surface area contributed by atoms with E-state index < -0.39 is 9.70 Å². The van der Waals surface area contributed by atoms with Gasteiger partial charge in [0.2, 0.25) is 0 Å². The molecule has 1 heterocycles. The summed E-state index contributed by atoms with van der Waals surface area (Å²) < 4.78 is -2.06. The lowest BCUT2D eigenvalue weighted by Crippen LogP contribution is -2.26. The van der Waals surface area contributed by atoms with Gasteiger partial charge in [-0.05, 0) is 6.92 Å². The number of nitrogens with one attached hydrogen (secondary N) is 1. The second kappa shape index (κ2) is 5.84. The molecule has 0 radical (unpaired) electrons. The molecule has 0 bridgehead atoms. The SMILES string of the molecule is Cc1nc(NC(=O)C(Cl)(Cl)Cl)sc1C(=O)CBr. The summed E-state index contributed by atoms with van der Waals surface area (Å²) in [4.78, 5) is 27.3. The first-order chi connectivity index (χ1) is 7.75. The molecule has 4 nitrogen and oxygen atoms in total. The zero-order chi connectivity index (χ0) is 13.2. The number of alkyl halides is 4. The highest BCUT2D eigenvalue weighted by atomic mass is 79.9. The molecule has 0 saturated heterocycles. The Morgan fingerprint density at radius 3 is 2.53 bits per heavy atom. The number of rotatable bonds is 3. The van der Waals surface area contributed by atoms with Gasteiger partial charge < -0.3 is 0 Å². The van der Waals surface area contributed by atoms with Gasteiger partial charge in [0.25, 0.3) is 9.70 Å². The topological polar surface area (TPSA) is 59.1 Å². The summed E-state index contributed by atoms with van der Waals surface area (Å²) in [5, 5.41) is 2.74. The normalized spacial score (nSPS) is 11.4. The van der Waals surface area contributed by atoms with Crippen molar-refractivity contribution in [1.29, 1.82) is 0 Å². The number of amides is 1. The van der Waals surface area contributed by atoms with Crippen molar-refractivity contribution in [2.75, 3.05) is 10.6 Å². The minimum absolute atomic E-state index is 0.116. The number of anilines is 1. The number of carbonyl (C=O) groups excluding carboxylic acids is 2. The molecule has 17 heavy (non-hydrogen) atoms. The number of thiazole rings is 1. The molecule has 1 aromatic heterocycles. The molecule has 1 N–H and O–H groups in total.